The number of nitrogens with zero attached hydrogens (tertiary/aromatic N) is 7. The number of halogens is 2. The largest absolute Gasteiger partial charge is 0.493 e. The number of benzene rings is 1. The summed E-state index contributed by atoms with van der Waals surface area (Å²) in [6.07, 6.45) is 4.71. The third-order valence-electron chi connectivity index (χ3n) is 8.47. The van der Waals surface area contributed by atoms with Crippen LogP contribution in [0.2, 0.25) is 5.02 Å². The van der Waals surface area contributed by atoms with Crippen molar-refractivity contribution in [3.05, 3.63) is 70.3 Å². The predicted molar refractivity (Wildman–Crippen MR) is 167 cm³/mol. The summed E-state index contributed by atoms with van der Waals surface area (Å²) in [5.41, 5.74) is 0.683. The highest BCUT2D eigenvalue weighted by molar-refractivity contribution is 6.34. The lowest BCUT2D eigenvalue weighted by Crippen LogP contribution is -2.49. The van der Waals surface area contributed by atoms with Crippen molar-refractivity contribution in [2.75, 3.05) is 31.2 Å². The Balaban J connectivity index is 1.52. The van der Waals surface area contributed by atoms with Gasteiger partial charge in [-0.3, -0.25) is 4.79 Å². The highest BCUT2D eigenvalue weighted by Crippen LogP contribution is 2.43. The van der Waals surface area contributed by atoms with E-state index in [-0.39, 0.29) is 51.7 Å². The standard InChI is InChI=1S/C32H31ClFN7O4/c1-4-24(42)39-10-11-40(22-15-21(22)39)29-18-14-19(33)27-25-20(34)8-7-9-23(25)44-12-5-6-13-45-31-28(26(17(2)3)35-16-36-31)41(30(18)37-27)32(43)38-29/h4,7-9,14,16-17,21-22H,1,5-6,10-13,15H2,2-3H3/t21-,22+/m0/s1. The zero-order valence-corrected chi connectivity index (χ0v) is 25.6. The Kier molecular flexibility index (Phi) is 7.39. The molecule has 0 unspecified atom stereocenters. The van der Waals surface area contributed by atoms with E-state index in [1.165, 1.54) is 23.0 Å². The molecule has 5 heterocycles. The van der Waals surface area contributed by atoms with Crippen LogP contribution in [0.5, 0.6) is 11.6 Å². The average Bonchev–Trinajstić information content (AvgIpc) is 3.83. The Morgan fingerprint density at radius 3 is 2.71 bits per heavy atom. The van der Waals surface area contributed by atoms with Crippen LogP contribution < -0.4 is 20.1 Å². The molecule has 0 N–H and O–H groups in total. The van der Waals surface area contributed by atoms with Gasteiger partial charge in [-0.1, -0.05) is 38.1 Å². The number of rotatable bonds is 3. The SMILES string of the molecule is C=CC(=O)N1CCN(c2nc(=O)n3c4nc(c(Cl)cc24)-c2c(F)cccc2OCCCCOc2ncnc(C(C)C)c2-3)[C@@H]2C[C@@H]21. The van der Waals surface area contributed by atoms with Gasteiger partial charge in [0.2, 0.25) is 11.8 Å². The molecule has 3 aromatic heterocycles. The molecule has 1 amide bonds. The molecule has 45 heavy (non-hydrogen) atoms. The van der Waals surface area contributed by atoms with Gasteiger partial charge in [0.15, 0.2) is 5.65 Å². The van der Waals surface area contributed by atoms with E-state index in [0.29, 0.717) is 67.5 Å². The molecule has 3 aliphatic rings. The lowest BCUT2D eigenvalue weighted by molar-refractivity contribution is -0.126. The summed E-state index contributed by atoms with van der Waals surface area (Å²) in [7, 11) is 0. The van der Waals surface area contributed by atoms with E-state index < -0.39 is 11.5 Å². The van der Waals surface area contributed by atoms with Gasteiger partial charge in [-0.05, 0) is 49.5 Å². The Morgan fingerprint density at radius 1 is 1.13 bits per heavy atom. The molecule has 232 valence electrons. The summed E-state index contributed by atoms with van der Waals surface area (Å²) in [6.45, 7) is 9.05. The van der Waals surface area contributed by atoms with E-state index in [0.717, 1.165) is 6.42 Å². The van der Waals surface area contributed by atoms with E-state index in [1.54, 1.807) is 23.1 Å². The molecule has 13 heteroatoms. The normalized spacial score (nSPS) is 19.2. The number of carbonyl (C=O) groups excluding carboxylic acids is 1. The Labute approximate surface area is 263 Å². The first-order valence-electron chi connectivity index (χ1n) is 15.0. The van der Waals surface area contributed by atoms with Crippen LogP contribution in [0.25, 0.3) is 28.0 Å². The van der Waals surface area contributed by atoms with Gasteiger partial charge < -0.3 is 19.3 Å². The Morgan fingerprint density at radius 2 is 1.93 bits per heavy atom. The smallest absolute Gasteiger partial charge is 0.356 e. The predicted octanol–water partition coefficient (Wildman–Crippen LogP) is 4.68. The van der Waals surface area contributed by atoms with Crippen molar-refractivity contribution in [3.8, 4) is 28.6 Å². The molecule has 2 atom stereocenters. The maximum atomic E-state index is 15.6. The van der Waals surface area contributed by atoms with Crippen LogP contribution >= 0.6 is 11.6 Å². The van der Waals surface area contributed by atoms with E-state index in [1.807, 2.05) is 18.7 Å². The zero-order chi connectivity index (χ0) is 31.4. The van der Waals surface area contributed by atoms with E-state index >= 15 is 4.39 Å². The van der Waals surface area contributed by atoms with E-state index in [9.17, 15) is 9.59 Å². The second kappa shape index (κ2) is 11.4. The second-order valence-corrected chi connectivity index (χ2v) is 12.0. The molecule has 1 saturated carbocycles. The van der Waals surface area contributed by atoms with Gasteiger partial charge >= 0.3 is 5.69 Å². The fraction of sp³-hybridized carbons (Fsp3) is 0.375. The van der Waals surface area contributed by atoms with Crippen LogP contribution in [0.4, 0.5) is 10.2 Å². The van der Waals surface area contributed by atoms with Crippen molar-refractivity contribution < 1.29 is 18.7 Å². The van der Waals surface area contributed by atoms with Crippen molar-refractivity contribution in [2.24, 2.45) is 0 Å². The third kappa shape index (κ3) is 4.97. The fourth-order valence-electron chi connectivity index (χ4n) is 6.26. The summed E-state index contributed by atoms with van der Waals surface area (Å²) in [4.78, 5) is 48.9. The van der Waals surface area contributed by atoms with Crippen LogP contribution in [0.1, 0.15) is 44.7 Å². The van der Waals surface area contributed by atoms with Crippen LogP contribution in [-0.4, -0.2) is 73.7 Å². The lowest BCUT2D eigenvalue weighted by atomic mass is 10.1. The molecule has 0 radical (unpaired) electrons. The highest BCUT2D eigenvalue weighted by atomic mass is 35.5. The minimum atomic E-state index is -0.626. The minimum absolute atomic E-state index is 0.0232. The van der Waals surface area contributed by atoms with Gasteiger partial charge in [0.05, 0.1) is 52.7 Å². The van der Waals surface area contributed by atoms with Gasteiger partial charge in [-0.25, -0.2) is 23.7 Å². The van der Waals surface area contributed by atoms with Crippen molar-refractivity contribution in [1.29, 1.82) is 0 Å². The number of ether oxygens (including phenoxy) is 2. The van der Waals surface area contributed by atoms with Gasteiger partial charge in [-0.15, -0.1) is 0 Å². The highest BCUT2D eigenvalue weighted by Gasteiger charge is 2.51. The summed E-state index contributed by atoms with van der Waals surface area (Å²) in [5, 5.41) is 0.642. The molecule has 1 aliphatic carbocycles. The number of piperazine rings is 1. The Hall–Kier alpha value is -4.58. The lowest BCUT2D eigenvalue weighted by Gasteiger charge is -2.35. The second-order valence-electron chi connectivity index (χ2n) is 11.6. The summed E-state index contributed by atoms with van der Waals surface area (Å²) < 4.78 is 29.1. The van der Waals surface area contributed by atoms with Crippen molar-refractivity contribution in [1.82, 2.24) is 29.4 Å². The number of fused-ring (bicyclic) bond motifs is 6. The topological polar surface area (TPSA) is 116 Å². The van der Waals surface area contributed by atoms with Crippen molar-refractivity contribution in [2.45, 2.75) is 51.1 Å². The first-order chi connectivity index (χ1) is 21.8. The molecule has 11 nitrogen and oxygen atoms in total. The third-order valence-corrected chi connectivity index (χ3v) is 8.76. The molecule has 0 spiro atoms. The van der Waals surface area contributed by atoms with Gasteiger partial charge in [0.25, 0.3) is 0 Å². The maximum Gasteiger partial charge on any atom is 0.356 e. The Bertz CT molecular complexity index is 1920. The number of amides is 1. The van der Waals surface area contributed by atoms with Crippen LogP contribution in [0.15, 0.2) is 48.0 Å². The van der Waals surface area contributed by atoms with Crippen LogP contribution in [-0.2, 0) is 4.79 Å². The molecule has 2 fully saturated rings. The minimum Gasteiger partial charge on any atom is -0.493 e. The molecule has 1 aromatic carbocycles. The van der Waals surface area contributed by atoms with E-state index in [2.05, 4.69) is 21.5 Å². The summed E-state index contributed by atoms with van der Waals surface area (Å²) in [6, 6.07) is 6.16. The number of anilines is 1. The first-order valence-corrected chi connectivity index (χ1v) is 15.4. The fourth-order valence-corrected chi connectivity index (χ4v) is 6.51. The molecular weight excluding hydrogens is 601 g/mol. The van der Waals surface area contributed by atoms with Crippen molar-refractivity contribution in [3.63, 3.8) is 0 Å². The van der Waals surface area contributed by atoms with Gasteiger partial charge in [-0.2, -0.15) is 9.97 Å². The zero-order valence-electron chi connectivity index (χ0n) is 24.9. The van der Waals surface area contributed by atoms with Crippen molar-refractivity contribution >= 4 is 34.4 Å². The maximum absolute atomic E-state index is 15.6. The average molecular weight is 632 g/mol. The molecule has 2 aliphatic heterocycles. The monoisotopic (exact) mass is 631 g/mol. The van der Waals surface area contributed by atoms with Gasteiger partial charge in [0, 0.05) is 13.1 Å². The molecule has 4 aromatic rings. The van der Waals surface area contributed by atoms with E-state index in [4.69, 9.17) is 26.1 Å². The number of aromatic nitrogens is 5. The molecule has 2 bridgehead atoms. The number of carbonyl (C=O) groups is 1. The summed E-state index contributed by atoms with van der Waals surface area (Å²) >= 11 is 6.91. The van der Waals surface area contributed by atoms with Crippen LogP contribution in [0.3, 0.4) is 0 Å². The first kappa shape index (κ1) is 29.1. The molecule has 1 saturated heterocycles. The van der Waals surface area contributed by atoms with Gasteiger partial charge in [0.1, 0.15) is 29.4 Å². The summed E-state index contributed by atoms with van der Waals surface area (Å²) in [5.74, 6) is 0.0939. The number of hydrogen-bond acceptors (Lipinski definition) is 9. The quantitative estimate of drug-likeness (QED) is 0.297. The number of hydrogen-bond donors (Lipinski definition) is 0. The molecular formula is C32H31ClFN7O4. The number of pyridine rings is 1. The molecule has 7 rings (SSSR count). The van der Waals surface area contributed by atoms with Crippen LogP contribution in [0, 0.1) is 5.82 Å².